The van der Waals surface area contributed by atoms with E-state index in [0.29, 0.717) is 16.5 Å². The molecule has 1 aromatic carbocycles. The minimum Gasteiger partial charge on any atom is -0.353 e. The number of nitriles is 1. The van der Waals surface area contributed by atoms with Crippen molar-refractivity contribution in [1.29, 1.82) is 5.26 Å². The number of nitrogens with zero attached hydrogens (tertiary/aromatic N) is 5. The Morgan fingerprint density at radius 1 is 1.05 bits per heavy atom. The number of hydrogen-bond acceptors (Lipinski definition) is 4. The number of hydrogen-bond donors (Lipinski definition) is 0. The summed E-state index contributed by atoms with van der Waals surface area (Å²) in [6.07, 6.45) is 3.51. The summed E-state index contributed by atoms with van der Waals surface area (Å²) < 4.78 is 0. The van der Waals surface area contributed by atoms with Crippen molar-refractivity contribution in [3.05, 3.63) is 35.0 Å². The molecule has 0 radical (unpaired) electrons. The Morgan fingerprint density at radius 2 is 1.75 bits per heavy atom. The van der Waals surface area contributed by atoms with Crippen LogP contribution in [-0.2, 0) is 0 Å². The molecule has 0 saturated carbocycles. The van der Waals surface area contributed by atoms with Gasteiger partial charge in [-0.25, -0.2) is 0 Å². The molecule has 1 fully saturated rings. The van der Waals surface area contributed by atoms with E-state index in [1.165, 1.54) is 11.2 Å². The largest absolute Gasteiger partial charge is 0.353 e. The van der Waals surface area contributed by atoms with Gasteiger partial charge in [-0.3, -0.25) is 0 Å². The van der Waals surface area contributed by atoms with E-state index in [-0.39, 0.29) is 0 Å². The van der Waals surface area contributed by atoms with E-state index in [4.69, 9.17) is 11.6 Å². The summed E-state index contributed by atoms with van der Waals surface area (Å²) in [5.41, 5.74) is 1.18. The summed E-state index contributed by atoms with van der Waals surface area (Å²) in [6, 6.07) is 9.37. The Hall–Kier alpha value is -2.06. The summed E-state index contributed by atoms with van der Waals surface area (Å²) in [5, 5.41) is 18.6. The second-order valence-corrected chi connectivity index (χ2v) is 5.23. The summed E-state index contributed by atoms with van der Waals surface area (Å²) in [5.74, 6) is 0.683. The van der Waals surface area contributed by atoms with E-state index in [0.717, 1.165) is 31.6 Å². The first-order valence-corrected chi connectivity index (χ1v) is 7.04. The molecule has 20 heavy (non-hydrogen) atoms. The molecule has 1 aliphatic heterocycles. The molecule has 2 heterocycles. The normalized spacial score (nSPS) is 15.1. The first-order chi connectivity index (χ1) is 9.78. The Balaban J connectivity index is 1.96. The van der Waals surface area contributed by atoms with Crippen LogP contribution in [0.1, 0.15) is 25.0 Å². The van der Waals surface area contributed by atoms with Crippen LogP contribution in [0.5, 0.6) is 0 Å². The molecule has 0 atom stereocenters. The smallest absolute Gasteiger partial charge is 0.207 e. The minimum absolute atomic E-state index is 0.377. The van der Waals surface area contributed by atoms with Crippen LogP contribution in [0.2, 0.25) is 5.02 Å². The molecule has 0 N–H and O–H groups in total. The van der Waals surface area contributed by atoms with Gasteiger partial charge in [-0.2, -0.15) is 5.26 Å². The second-order valence-electron chi connectivity index (χ2n) is 4.80. The van der Waals surface area contributed by atoms with E-state index in [9.17, 15) is 5.26 Å². The molecule has 102 valence electrons. The number of anilines is 1. The third kappa shape index (κ3) is 2.47. The molecular formula is C14H14ClN5. The predicted octanol–water partition coefficient (Wildman–Crippen LogP) is 2.78. The second kappa shape index (κ2) is 5.51. The quantitative estimate of drug-likeness (QED) is 0.852. The number of benzene rings is 1. The van der Waals surface area contributed by atoms with Crippen LogP contribution < -0.4 is 4.90 Å². The Labute approximate surface area is 122 Å². The summed E-state index contributed by atoms with van der Waals surface area (Å²) >= 11 is 5.87. The zero-order valence-corrected chi connectivity index (χ0v) is 11.7. The first-order valence-electron chi connectivity index (χ1n) is 6.66. The predicted molar refractivity (Wildman–Crippen MR) is 77.1 cm³/mol. The fourth-order valence-corrected chi connectivity index (χ4v) is 2.51. The van der Waals surface area contributed by atoms with Crippen molar-refractivity contribution in [1.82, 2.24) is 15.0 Å². The monoisotopic (exact) mass is 287 g/mol. The summed E-state index contributed by atoms with van der Waals surface area (Å²) in [6.45, 7) is 1.88. The summed E-state index contributed by atoms with van der Waals surface area (Å²) in [4.78, 5) is 3.64. The maximum Gasteiger partial charge on any atom is 0.207 e. The van der Waals surface area contributed by atoms with Crippen molar-refractivity contribution >= 4 is 17.4 Å². The first kappa shape index (κ1) is 12.9. The average molecular weight is 288 g/mol. The van der Waals surface area contributed by atoms with E-state index in [1.54, 1.807) is 12.1 Å². The van der Waals surface area contributed by atoms with Crippen LogP contribution in [0, 0.1) is 11.3 Å². The summed E-state index contributed by atoms with van der Waals surface area (Å²) in [7, 11) is 0. The highest BCUT2D eigenvalue weighted by Gasteiger charge is 2.20. The van der Waals surface area contributed by atoms with Crippen LogP contribution >= 0.6 is 11.6 Å². The topological polar surface area (TPSA) is 57.7 Å². The molecular weight excluding hydrogens is 274 g/mol. The lowest BCUT2D eigenvalue weighted by Gasteiger charge is -2.26. The van der Waals surface area contributed by atoms with Gasteiger partial charge in [-0.1, -0.05) is 11.6 Å². The van der Waals surface area contributed by atoms with Gasteiger partial charge in [0.05, 0.1) is 5.69 Å². The highest BCUT2D eigenvalue weighted by molar-refractivity contribution is 6.30. The number of aromatic nitrogens is 3. The Morgan fingerprint density at radius 3 is 2.40 bits per heavy atom. The molecule has 5 nitrogen and oxygen atoms in total. The van der Waals surface area contributed by atoms with Crippen molar-refractivity contribution in [3.8, 4) is 11.8 Å². The number of piperidine rings is 1. The zero-order valence-electron chi connectivity index (χ0n) is 11.0. The maximum atomic E-state index is 9.24. The molecule has 0 bridgehead atoms. The molecule has 1 aliphatic rings. The Kier molecular flexibility index (Phi) is 3.57. The highest BCUT2D eigenvalue weighted by atomic mass is 35.5. The minimum atomic E-state index is 0.377. The van der Waals surface area contributed by atoms with Gasteiger partial charge < -0.3 is 4.90 Å². The molecule has 6 heteroatoms. The Bertz CT molecular complexity index is 635. The van der Waals surface area contributed by atoms with Crippen molar-refractivity contribution < 1.29 is 0 Å². The van der Waals surface area contributed by atoms with Gasteiger partial charge in [0.1, 0.15) is 6.07 Å². The van der Waals surface area contributed by atoms with Gasteiger partial charge >= 0.3 is 0 Å². The SMILES string of the molecule is N#Cc1nn(-c2ccc(Cl)cc2)nc1N1CCCCC1. The van der Waals surface area contributed by atoms with E-state index >= 15 is 0 Å². The van der Waals surface area contributed by atoms with Crippen molar-refractivity contribution in [2.24, 2.45) is 0 Å². The van der Waals surface area contributed by atoms with E-state index in [1.807, 2.05) is 12.1 Å². The van der Waals surface area contributed by atoms with Gasteiger partial charge in [0, 0.05) is 18.1 Å². The van der Waals surface area contributed by atoms with Gasteiger partial charge in [0.25, 0.3) is 0 Å². The lowest BCUT2D eigenvalue weighted by molar-refractivity contribution is 0.571. The number of rotatable bonds is 2. The molecule has 0 unspecified atom stereocenters. The fraction of sp³-hybridized carbons (Fsp3) is 0.357. The van der Waals surface area contributed by atoms with Crippen molar-refractivity contribution in [2.75, 3.05) is 18.0 Å². The molecule has 1 saturated heterocycles. The van der Waals surface area contributed by atoms with E-state index < -0.39 is 0 Å². The van der Waals surface area contributed by atoms with Gasteiger partial charge in [-0.15, -0.1) is 15.0 Å². The van der Waals surface area contributed by atoms with E-state index in [2.05, 4.69) is 21.2 Å². The lowest BCUT2D eigenvalue weighted by Crippen LogP contribution is -2.30. The highest BCUT2D eigenvalue weighted by Crippen LogP contribution is 2.22. The van der Waals surface area contributed by atoms with Crippen LogP contribution in [0.15, 0.2) is 24.3 Å². The fourth-order valence-electron chi connectivity index (χ4n) is 2.38. The van der Waals surface area contributed by atoms with Gasteiger partial charge in [0.15, 0.2) is 5.82 Å². The molecule has 3 rings (SSSR count). The number of halogens is 1. The third-order valence-corrected chi connectivity index (χ3v) is 3.67. The van der Waals surface area contributed by atoms with Crippen LogP contribution in [-0.4, -0.2) is 28.1 Å². The molecule has 2 aromatic rings. The van der Waals surface area contributed by atoms with Crippen LogP contribution in [0.3, 0.4) is 0 Å². The lowest BCUT2D eigenvalue weighted by atomic mass is 10.1. The molecule has 1 aromatic heterocycles. The maximum absolute atomic E-state index is 9.24. The molecule has 0 amide bonds. The van der Waals surface area contributed by atoms with Gasteiger partial charge in [0.2, 0.25) is 5.69 Å². The third-order valence-electron chi connectivity index (χ3n) is 3.42. The van der Waals surface area contributed by atoms with Gasteiger partial charge in [-0.05, 0) is 43.5 Å². The molecule has 0 spiro atoms. The van der Waals surface area contributed by atoms with Crippen molar-refractivity contribution in [2.45, 2.75) is 19.3 Å². The molecule has 0 aliphatic carbocycles. The van der Waals surface area contributed by atoms with Crippen LogP contribution in [0.4, 0.5) is 5.82 Å². The standard InChI is InChI=1S/C14H14ClN5/c15-11-4-6-12(7-5-11)20-17-13(10-16)14(18-20)19-8-2-1-3-9-19/h4-7H,1-3,8-9H2. The van der Waals surface area contributed by atoms with Crippen molar-refractivity contribution in [3.63, 3.8) is 0 Å². The zero-order chi connectivity index (χ0) is 13.9. The average Bonchev–Trinajstić information content (AvgIpc) is 2.93. The van der Waals surface area contributed by atoms with Crippen LogP contribution in [0.25, 0.3) is 5.69 Å².